The van der Waals surface area contributed by atoms with Crippen LogP contribution in [0.4, 0.5) is 11.4 Å². The van der Waals surface area contributed by atoms with Crippen LogP contribution in [0.25, 0.3) is 0 Å². The Kier molecular flexibility index (Phi) is 8.01. The summed E-state index contributed by atoms with van der Waals surface area (Å²) in [6, 6.07) is 55.1. The second-order valence-electron chi connectivity index (χ2n) is 11.3. The van der Waals surface area contributed by atoms with Gasteiger partial charge in [-0.2, -0.15) is 0 Å². The fraction of sp³-hybridized carbons (Fsp3) is 0.122. The molecular formula is C41H37N. The molecule has 1 heteroatoms. The molecule has 0 saturated heterocycles. The van der Waals surface area contributed by atoms with Crippen molar-refractivity contribution in [1.29, 1.82) is 0 Å². The van der Waals surface area contributed by atoms with Gasteiger partial charge in [0, 0.05) is 23.2 Å². The Morgan fingerprint density at radius 1 is 0.381 bits per heavy atom. The Morgan fingerprint density at radius 3 is 1.02 bits per heavy atom. The van der Waals surface area contributed by atoms with E-state index in [2.05, 4.69) is 178 Å². The Morgan fingerprint density at radius 2 is 0.690 bits per heavy atom. The van der Waals surface area contributed by atoms with Crippen LogP contribution in [-0.4, -0.2) is 0 Å². The van der Waals surface area contributed by atoms with Gasteiger partial charge in [-0.3, -0.25) is 0 Å². The van der Waals surface area contributed by atoms with Crippen molar-refractivity contribution in [3.8, 4) is 0 Å². The molecule has 0 amide bonds. The van der Waals surface area contributed by atoms with Gasteiger partial charge in [-0.15, -0.1) is 0 Å². The Balaban J connectivity index is 1.67. The van der Waals surface area contributed by atoms with Crippen molar-refractivity contribution in [2.24, 2.45) is 0 Å². The first-order valence-corrected chi connectivity index (χ1v) is 14.8. The van der Waals surface area contributed by atoms with Crippen LogP contribution in [0.3, 0.4) is 0 Å². The molecule has 0 aliphatic carbocycles. The van der Waals surface area contributed by atoms with Crippen molar-refractivity contribution in [1.82, 2.24) is 0 Å². The normalized spacial score (nSPS) is 11.2. The standard InChI is InChI=1S/C41H37N/c1-29-24-30(2)26-36(25-29)42-41-37(39(32-16-8-4-9-17-32)33-18-10-5-11-19-33)27-31(3)28-38(41)40(34-20-12-6-13-21-34)35-22-14-7-15-23-35/h4-28,39-40,42H,1-3H3. The monoisotopic (exact) mass is 543 g/mol. The number of anilines is 2. The minimum absolute atomic E-state index is 0.0617. The van der Waals surface area contributed by atoms with Crippen molar-refractivity contribution in [2.75, 3.05) is 5.32 Å². The number of nitrogens with one attached hydrogen (secondary N) is 1. The molecule has 0 aliphatic heterocycles. The fourth-order valence-electron chi connectivity index (χ4n) is 6.32. The minimum Gasteiger partial charge on any atom is -0.355 e. The maximum Gasteiger partial charge on any atom is 0.0469 e. The van der Waals surface area contributed by atoms with Crippen molar-refractivity contribution in [2.45, 2.75) is 32.6 Å². The number of benzene rings is 6. The van der Waals surface area contributed by atoms with Crippen molar-refractivity contribution < 1.29 is 0 Å². The summed E-state index contributed by atoms with van der Waals surface area (Å²) in [6.45, 7) is 6.57. The first-order valence-electron chi connectivity index (χ1n) is 14.8. The topological polar surface area (TPSA) is 12.0 Å². The van der Waals surface area contributed by atoms with E-state index in [4.69, 9.17) is 0 Å². The first kappa shape index (κ1) is 27.3. The molecule has 42 heavy (non-hydrogen) atoms. The maximum absolute atomic E-state index is 3.99. The van der Waals surface area contributed by atoms with Crippen LogP contribution in [-0.2, 0) is 0 Å². The van der Waals surface area contributed by atoms with Crippen LogP contribution in [0.15, 0.2) is 152 Å². The highest BCUT2D eigenvalue weighted by Gasteiger charge is 2.27. The van der Waals surface area contributed by atoms with Crippen LogP contribution >= 0.6 is 0 Å². The average molecular weight is 544 g/mol. The van der Waals surface area contributed by atoms with Gasteiger partial charge in [0.25, 0.3) is 0 Å². The summed E-state index contributed by atoms with van der Waals surface area (Å²) in [5, 5.41) is 3.99. The maximum atomic E-state index is 3.99. The first-order chi connectivity index (χ1) is 20.6. The van der Waals surface area contributed by atoms with Crippen LogP contribution in [0.5, 0.6) is 0 Å². The third kappa shape index (κ3) is 5.92. The summed E-state index contributed by atoms with van der Waals surface area (Å²) < 4.78 is 0. The quantitative estimate of drug-likeness (QED) is 0.188. The van der Waals surface area contributed by atoms with Gasteiger partial charge in [-0.1, -0.05) is 145 Å². The lowest BCUT2D eigenvalue weighted by Gasteiger charge is -2.29. The van der Waals surface area contributed by atoms with E-state index in [0.29, 0.717) is 0 Å². The van der Waals surface area contributed by atoms with Crippen LogP contribution in [0.2, 0.25) is 0 Å². The molecule has 0 heterocycles. The molecule has 206 valence electrons. The van der Waals surface area contributed by atoms with Gasteiger partial charge in [-0.25, -0.2) is 0 Å². The van der Waals surface area contributed by atoms with E-state index >= 15 is 0 Å². The van der Waals surface area contributed by atoms with E-state index in [1.807, 2.05) is 0 Å². The molecule has 6 aromatic carbocycles. The molecule has 0 aliphatic rings. The Labute approximate surface area is 250 Å². The SMILES string of the molecule is Cc1cc(C)cc(Nc2c(C(c3ccccc3)c3ccccc3)cc(C)cc2C(c2ccccc2)c2ccccc2)c1. The molecule has 1 nitrogen and oxygen atoms in total. The molecule has 0 bridgehead atoms. The second-order valence-corrected chi connectivity index (χ2v) is 11.3. The van der Waals surface area contributed by atoms with Crippen molar-refractivity contribution >= 4 is 11.4 Å². The third-order valence-electron chi connectivity index (χ3n) is 7.99. The summed E-state index contributed by atoms with van der Waals surface area (Å²) in [7, 11) is 0. The van der Waals surface area contributed by atoms with Gasteiger partial charge in [0.05, 0.1) is 0 Å². The molecule has 0 unspecified atom stereocenters. The zero-order valence-electron chi connectivity index (χ0n) is 24.6. The highest BCUT2D eigenvalue weighted by Crippen LogP contribution is 2.45. The molecular weight excluding hydrogens is 506 g/mol. The van der Waals surface area contributed by atoms with E-state index in [-0.39, 0.29) is 11.8 Å². The molecule has 0 aromatic heterocycles. The summed E-state index contributed by atoms with van der Waals surface area (Å²) in [5.74, 6) is 0.123. The summed E-state index contributed by atoms with van der Waals surface area (Å²) in [6.07, 6.45) is 0. The van der Waals surface area contributed by atoms with Crippen LogP contribution in [0, 0.1) is 20.8 Å². The molecule has 6 aromatic rings. The number of hydrogen-bond donors (Lipinski definition) is 1. The summed E-state index contributed by atoms with van der Waals surface area (Å²) in [4.78, 5) is 0. The van der Waals surface area contributed by atoms with Crippen molar-refractivity contribution in [3.05, 3.63) is 202 Å². The molecule has 1 N–H and O–H groups in total. The molecule has 0 radical (unpaired) electrons. The molecule has 0 fully saturated rings. The smallest absolute Gasteiger partial charge is 0.0469 e. The largest absolute Gasteiger partial charge is 0.355 e. The van der Waals surface area contributed by atoms with Crippen LogP contribution < -0.4 is 5.32 Å². The third-order valence-corrected chi connectivity index (χ3v) is 7.99. The highest BCUT2D eigenvalue weighted by atomic mass is 14.9. The molecule has 0 atom stereocenters. The van der Waals surface area contributed by atoms with Crippen LogP contribution in [0.1, 0.15) is 61.9 Å². The van der Waals surface area contributed by atoms with Gasteiger partial charge in [0.2, 0.25) is 0 Å². The number of hydrogen-bond acceptors (Lipinski definition) is 1. The molecule has 6 rings (SSSR count). The predicted octanol–water partition coefficient (Wildman–Crippen LogP) is 10.7. The Hall–Kier alpha value is -4.88. The van der Waals surface area contributed by atoms with Gasteiger partial charge in [0.15, 0.2) is 0 Å². The predicted molar refractivity (Wildman–Crippen MR) is 178 cm³/mol. The van der Waals surface area contributed by atoms with E-state index in [1.54, 1.807) is 0 Å². The van der Waals surface area contributed by atoms with Gasteiger partial charge < -0.3 is 5.32 Å². The lowest BCUT2D eigenvalue weighted by Crippen LogP contribution is -2.13. The lowest BCUT2D eigenvalue weighted by atomic mass is 9.78. The molecule has 0 spiro atoms. The highest BCUT2D eigenvalue weighted by molar-refractivity contribution is 5.74. The van der Waals surface area contributed by atoms with Gasteiger partial charge >= 0.3 is 0 Å². The number of rotatable bonds is 8. The van der Waals surface area contributed by atoms with Crippen molar-refractivity contribution in [3.63, 3.8) is 0 Å². The van der Waals surface area contributed by atoms with E-state index < -0.39 is 0 Å². The second kappa shape index (κ2) is 12.3. The molecule has 0 saturated carbocycles. The average Bonchev–Trinajstić information content (AvgIpc) is 3.01. The fourth-order valence-corrected chi connectivity index (χ4v) is 6.32. The zero-order valence-corrected chi connectivity index (χ0v) is 24.6. The van der Waals surface area contributed by atoms with Gasteiger partial charge in [-0.05, 0) is 77.4 Å². The van der Waals surface area contributed by atoms with E-state index in [0.717, 1.165) is 5.69 Å². The zero-order chi connectivity index (χ0) is 28.9. The minimum atomic E-state index is 0.0617. The number of aryl methyl sites for hydroxylation is 3. The lowest BCUT2D eigenvalue weighted by molar-refractivity contribution is 0.939. The summed E-state index contributed by atoms with van der Waals surface area (Å²) >= 11 is 0. The van der Waals surface area contributed by atoms with E-state index in [1.165, 1.54) is 55.8 Å². The van der Waals surface area contributed by atoms with E-state index in [9.17, 15) is 0 Å². The Bertz CT molecular complexity index is 1550. The van der Waals surface area contributed by atoms with Gasteiger partial charge in [0.1, 0.15) is 0 Å². The summed E-state index contributed by atoms with van der Waals surface area (Å²) in [5.41, 5.74) is 13.7.